The topological polar surface area (TPSA) is 99.3 Å². The van der Waals surface area contributed by atoms with Gasteiger partial charge in [0.2, 0.25) is 10.0 Å². The number of piperazine rings is 1. The second kappa shape index (κ2) is 11.6. The van der Waals surface area contributed by atoms with Crippen molar-refractivity contribution in [3.63, 3.8) is 0 Å². The zero-order chi connectivity index (χ0) is 27.6. The van der Waals surface area contributed by atoms with Crippen molar-refractivity contribution in [3.05, 3.63) is 75.4 Å². The number of ether oxygens (including phenoxy) is 1. The van der Waals surface area contributed by atoms with Gasteiger partial charge in [-0.3, -0.25) is 9.80 Å². The van der Waals surface area contributed by atoms with Gasteiger partial charge in [0, 0.05) is 45.0 Å². The van der Waals surface area contributed by atoms with E-state index in [0.29, 0.717) is 29.4 Å². The van der Waals surface area contributed by atoms with Crippen molar-refractivity contribution in [2.24, 2.45) is 0 Å². The highest BCUT2D eigenvalue weighted by molar-refractivity contribution is 7.89. The summed E-state index contributed by atoms with van der Waals surface area (Å²) in [5.74, 6) is -0.575. The van der Waals surface area contributed by atoms with Gasteiger partial charge in [0.1, 0.15) is 0 Å². The van der Waals surface area contributed by atoms with Gasteiger partial charge in [-0.1, -0.05) is 53.5 Å². The highest BCUT2D eigenvalue weighted by Gasteiger charge is 2.40. The monoisotopic (exact) mass is 580 g/mol. The molecule has 0 spiro atoms. The van der Waals surface area contributed by atoms with E-state index < -0.39 is 28.1 Å². The zero-order valence-corrected chi connectivity index (χ0v) is 23.7. The number of carbonyl (C=O) groups excluding carboxylic acids is 2. The molecule has 2 amide bonds. The molecular formula is C26H30Cl2N4O5S. The van der Waals surface area contributed by atoms with Gasteiger partial charge in [0.15, 0.2) is 0 Å². The fourth-order valence-corrected chi connectivity index (χ4v) is 6.88. The second-order valence-corrected chi connectivity index (χ2v) is 11.9. The number of esters is 1. The minimum atomic E-state index is -3.65. The summed E-state index contributed by atoms with van der Waals surface area (Å²) in [4.78, 5) is 29.9. The Bertz CT molecular complexity index is 1350. The molecule has 1 fully saturated rings. The molecule has 2 heterocycles. The molecule has 4 rings (SSSR count). The molecule has 1 N–H and O–H groups in total. The Labute approximate surface area is 233 Å². The minimum Gasteiger partial charge on any atom is -0.463 e. The highest BCUT2D eigenvalue weighted by Crippen LogP contribution is 2.37. The molecule has 9 nitrogen and oxygen atoms in total. The first-order valence-electron chi connectivity index (χ1n) is 12.2. The van der Waals surface area contributed by atoms with E-state index in [1.807, 2.05) is 11.8 Å². The maximum atomic E-state index is 13.2. The molecule has 12 heteroatoms. The summed E-state index contributed by atoms with van der Waals surface area (Å²) in [7, 11) is -2.07. The predicted molar refractivity (Wildman–Crippen MR) is 145 cm³/mol. The number of nitrogens with one attached hydrogen (secondary N) is 1. The summed E-state index contributed by atoms with van der Waals surface area (Å²) in [5.41, 5.74) is 1.19. The smallest absolute Gasteiger partial charge is 0.338 e. The van der Waals surface area contributed by atoms with Gasteiger partial charge in [-0.2, -0.15) is 4.31 Å². The van der Waals surface area contributed by atoms with Crippen molar-refractivity contribution in [2.75, 3.05) is 39.8 Å². The molecule has 2 aliphatic rings. The lowest BCUT2D eigenvalue weighted by Gasteiger charge is -2.41. The summed E-state index contributed by atoms with van der Waals surface area (Å²) in [6, 6.07) is 11.8. The Hall–Kier alpha value is -2.63. The second-order valence-electron chi connectivity index (χ2n) is 9.18. The molecule has 2 aliphatic heterocycles. The molecular weight excluding hydrogens is 551 g/mol. The Balaban J connectivity index is 1.66. The predicted octanol–water partition coefficient (Wildman–Crippen LogP) is 3.90. The van der Waals surface area contributed by atoms with Crippen LogP contribution < -0.4 is 5.32 Å². The van der Waals surface area contributed by atoms with Crippen molar-refractivity contribution in [2.45, 2.75) is 30.8 Å². The first-order valence-corrected chi connectivity index (χ1v) is 14.4. The number of hydrogen-bond acceptors (Lipinski definition) is 6. The Morgan fingerprint density at radius 2 is 1.82 bits per heavy atom. The highest BCUT2D eigenvalue weighted by atomic mass is 35.5. The van der Waals surface area contributed by atoms with Crippen molar-refractivity contribution in [1.82, 2.24) is 19.4 Å². The van der Waals surface area contributed by atoms with E-state index in [0.717, 1.165) is 0 Å². The number of nitrogens with zero attached hydrogens (tertiary/aromatic N) is 3. The minimum absolute atomic E-state index is 0.149. The number of rotatable bonds is 7. The fourth-order valence-electron chi connectivity index (χ4n) is 4.83. The van der Waals surface area contributed by atoms with Crippen LogP contribution in [0.4, 0.5) is 4.79 Å². The third-order valence-electron chi connectivity index (χ3n) is 6.74. The van der Waals surface area contributed by atoms with E-state index >= 15 is 0 Å². The number of benzene rings is 2. The molecule has 2 aromatic carbocycles. The molecule has 0 unspecified atom stereocenters. The maximum Gasteiger partial charge on any atom is 0.338 e. The third-order valence-corrected chi connectivity index (χ3v) is 9.60. The molecule has 0 radical (unpaired) electrons. The molecule has 2 atom stereocenters. The zero-order valence-electron chi connectivity index (χ0n) is 21.4. The van der Waals surface area contributed by atoms with Crippen LogP contribution in [0.15, 0.2) is 64.7 Å². The average Bonchev–Trinajstić information content (AvgIpc) is 2.89. The third kappa shape index (κ3) is 5.55. The van der Waals surface area contributed by atoms with E-state index in [1.165, 1.54) is 9.21 Å². The van der Waals surface area contributed by atoms with Crippen LogP contribution in [-0.4, -0.2) is 80.4 Å². The van der Waals surface area contributed by atoms with E-state index in [9.17, 15) is 18.0 Å². The molecule has 0 bridgehead atoms. The first-order chi connectivity index (χ1) is 18.1. The Kier molecular flexibility index (Phi) is 8.68. The van der Waals surface area contributed by atoms with Crippen molar-refractivity contribution in [3.8, 4) is 0 Å². The lowest BCUT2D eigenvalue weighted by Crippen LogP contribution is -2.56. The SMILES string of the molecule is CCOC(=O)C1=C(CN2CCN(S(=O)(=O)c3ccccc3)[C@@H](C)C2)N(C)C(=O)N[C@@H]1c1cccc(Cl)c1Cl. The van der Waals surface area contributed by atoms with Crippen molar-refractivity contribution >= 4 is 45.2 Å². The molecule has 2 aromatic rings. The van der Waals surface area contributed by atoms with Crippen LogP contribution in [-0.2, 0) is 19.6 Å². The number of hydrogen-bond donors (Lipinski definition) is 1. The molecule has 0 aromatic heterocycles. The molecule has 204 valence electrons. The van der Waals surface area contributed by atoms with Gasteiger partial charge >= 0.3 is 12.0 Å². The first kappa shape index (κ1) is 28.4. The van der Waals surface area contributed by atoms with Crippen LogP contribution in [0.5, 0.6) is 0 Å². The normalized spacial score (nSPS) is 21.4. The average molecular weight is 582 g/mol. The number of urea groups is 1. The lowest BCUT2D eigenvalue weighted by atomic mass is 9.94. The number of halogens is 2. The number of amides is 2. The van der Waals surface area contributed by atoms with Crippen LogP contribution >= 0.6 is 23.2 Å². The summed E-state index contributed by atoms with van der Waals surface area (Å²) in [6.45, 7) is 5.02. The molecule has 0 aliphatic carbocycles. The van der Waals surface area contributed by atoms with E-state index in [-0.39, 0.29) is 41.2 Å². The van der Waals surface area contributed by atoms with Crippen LogP contribution in [0.1, 0.15) is 25.5 Å². The van der Waals surface area contributed by atoms with Crippen molar-refractivity contribution < 1.29 is 22.7 Å². The molecule has 38 heavy (non-hydrogen) atoms. The maximum absolute atomic E-state index is 13.2. The lowest BCUT2D eigenvalue weighted by molar-refractivity contribution is -0.139. The van der Waals surface area contributed by atoms with Crippen LogP contribution in [0.3, 0.4) is 0 Å². The molecule has 0 saturated carbocycles. The largest absolute Gasteiger partial charge is 0.463 e. The molecule has 1 saturated heterocycles. The standard InChI is InChI=1S/C26H30Cl2N4O5S/c1-4-37-25(33)22-21(30(3)26(34)29-24(22)19-11-8-12-20(27)23(19)28)16-31-13-14-32(17(2)15-31)38(35,36)18-9-6-5-7-10-18/h5-12,17,24H,4,13-16H2,1-3H3,(H,29,34)/t17-,24+/m0/s1. The van der Waals surface area contributed by atoms with Gasteiger partial charge in [0.05, 0.1) is 33.2 Å². The van der Waals surface area contributed by atoms with Gasteiger partial charge in [-0.25, -0.2) is 18.0 Å². The summed E-state index contributed by atoms with van der Waals surface area (Å²) in [5, 5.41) is 3.37. The quantitative estimate of drug-likeness (QED) is 0.498. The van der Waals surface area contributed by atoms with Gasteiger partial charge < -0.3 is 10.1 Å². The number of carbonyl (C=O) groups is 2. The fraction of sp³-hybridized carbons (Fsp3) is 0.385. The van der Waals surface area contributed by atoms with Gasteiger partial charge in [0.25, 0.3) is 0 Å². The van der Waals surface area contributed by atoms with Crippen LogP contribution in [0.25, 0.3) is 0 Å². The summed E-state index contributed by atoms with van der Waals surface area (Å²) in [6.07, 6.45) is 0. The van der Waals surface area contributed by atoms with Crippen molar-refractivity contribution in [1.29, 1.82) is 0 Å². The van der Waals surface area contributed by atoms with Gasteiger partial charge in [-0.15, -0.1) is 0 Å². The van der Waals surface area contributed by atoms with E-state index in [2.05, 4.69) is 5.32 Å². The number of likely N-dealkylation sites (N-methyl/N-ethyl adjacent to an activating group) is 1. The summed E-state index contributed by atoms with van der Waals surface area (Å²) < 4.78 is 33.3. The van der Waals surface area contributed by atoms with E-state index in [1.54, 1.807) is 62.5 Å². The van der Waals surface area contributed by atoms with Crippen LogP contribution in [0.2, 0.25) is 10.0 Å². The Morgan fingerprint density at radius 3 is 2.47 bits per heavy atom. The van der Waals surface area contributed by atoms with Crippen LogP contribution in [0, 0.1) is 0 Å². The van der Waals surface area contributed by atoms with E-state index in [4.69, 9.17) is 27.9 Å². The number of sulfonamides is 1. The summed E-state index contributed by atoms with van der Waals surface area (Å²) >= 11 is 12.7. The Morgan fingerprint density at radius 1 is 1.11 bits per heavy atom. The van der Waals surface area contributed by atoms with Gasteiger partial charge in [-0.05, 0) is 37.6 Å².